The molecule has 20 heavy (non-hydrogen) atoms. The lowest BCUT2D eigenvalue weighted by Crippen LogP contribution is -2.25. The average molecular weight is 278 g/mol. The third kappa shape index (κ3) is 4.74. The second-order valence-electron chi connectivity index (χ2n) is 5.21. The van der Waals surface area contributed by atoms with Crippen molar-refractivity contribution in [2.45, 2.75) is 13.3 Å². The first-order valence-corrected chi connectivity index (χ1v) is 6.99. The van der Waals surface area contributed by atoms with Crippen molar-refractivity contribution in [3.05, 3.63) is 23.8 Å². The number of nitrogens with two attached hydrogens (primary N) is 1. The van der Waals surface area contributed by atoms with Crippen LogP contribution in [0, 0.1) is 0 Å². The van der Waals surface area contributed by atoms with Crippen LogP contribution in [-0.2, 0) is 0 Å². The minimum atomic E-state index is -0.0824. The molecule has 1 amide bonds. The van der Waals surface area contributed by atoms with E-state index >= 15 is 0 Å². The predicted octanol–water partition coefficient (Wildman–Crippen LogP) is 1.41. The standard InChI is InChI=1S/C15H26N4O/c1-5-17-15(20)12-7-8-14(13(16)11-12)19(4)10-6-9-18(2)3/h7-8,11H,5-6,9-10,16H2,1-4H3,(H,17,20). The highest BCUT2D eigenvalue weighted by Crippen LogP contribution is 2.23. The molecule has 0 spiro atoms. The summed E-state index contributed by atoms with van der Waals surface area (Å²) >= 11 is 0. The highest BCUT2D eigenvalue weighted by Gasteiger charge is 2.10. The summed E-state index contributed by atoms with van der Waals surface area (Å²) in [5.41, 5.74) is 8.27. The third-order valence-corrected chi connectivity index (χ3v) is 3.14. The number of hydrogen-bond acceptors (Lipinski definition) is 4. The van der Waals surface area contributed by atoms with Crippen LogP contribution in [-0.4, -0.2) is 51.6 Å². The average Bonchev–Trinajstić information content (AvgIpc) is 2.38. The van der Waals surface area contributed by atoms with Crippen LogP contribution in [0.25, 0.3) is 0 Å². The molecule has 0 aromatic heterocycles. The van der Waals surface area contributed by atoms with Gasteiger partial charge in [0.05, 0.1) is 11.4 Å². The second-order valence-corrected chi connectivity index (χ2v) is 5.21. The van der Waals surface area contributed by atoms with E-state index < -0.39 is 0 Å². The SMILES string of the molecule is CCNC(=O)c1ccc(N(C)CCCN(C)C)c(N)c1. The lowest BCUT2D eigenvalue weighted by Gasteiger charge is -2.22. The van der Waals surface area contributed by atoms with Crippen LogP contribution >= 0.6 is 0 Å². The molecule has 0 unspecified atom stereocenters. The van der Waals surface area contributed by atoms with Crippen molar-refractivity contribution in [3.8, 4) is 0 Å². The fourth-order valence-electron chi connectivity index (χ4n) is 2.05. The molecule has 0 radical (unpaired) electrons. The van der Waals surface area contributed by atoms with Gasteiger partial charge in [0, 0.05) is 25.7 Å². The van der Waals surface area contributed by atoms with Gasteiger partial charge in [0.2, 0.25) is 0 Å². The van der Waals surface area contributed by atoms with E-state index in [-0.39, 0.29) is 5.91 Å². The maximum Gasteiger partial charge on any atom is 0.251 e. The van der Waals surface area contributed by atoms with E-state index in [4.69, 9.17) is 5.73 Å². The quantitative estimate of drug-likeness (QED) is 0.740. The molecule has 1 aromatic carbocycles. The molecule has 0 atom stereocenters. The van der Waals surface area contributed by atoms with Crippen molar-refractivity contribution in [2.75, 3.05) is 51.4 Å². The molecule has 0 heterocycles. The lowest BCUT2D eigenvalue weighted by atomic mass is 10.1. The first-order chi connectivity index (χ1) is 9.45. The summed E-state index contributed by atoms with van der Waals surface area (Å²) in [6.45, 7) is 4.49. The Bertz CT molecular complexity index is 445. The zero-order valence-corrected chi connectivity index (χ0v) is 12.9. The maximum atomic E-state index is 11.7. The molecule has 0 aliphatic rings. The summed E-state index contributed by atoms with van der Waals surface area (Å²) in [4.78, 5) is 16.0. The minimum Gasteiger partial charge on any atom is -0.397 e. The van der Waals surface area contributed by atoms with Crippen LogP contribution in [0.3, 0.4) is 0 Å². The Morgan fingerprint density at radius 3 is 2.50 bits per heavy atom. The number of benzene rings is 1. The summed E-state index contributed by atoms with van der Waals surface area (Å²) in [6.07, 6.45) is 1.07. The molecule has 0 aliphatic carbocycles. The van der Waals surface area contributed by atoms with Crippen molar-refractivity contribution >= 4 is 17.3 Å². The van der Waals surface area contributed by atoms with Crippen LogP contribution < -0.4 is 16.0 Å². The zero-order valence-electron chi connectivity index (χ0n) is 12.9. The zero-order chi connectivity index (χ0) is 15.1. The number of nitrogens with zero attached hydrogens (tertiary/aromatic N) is 2. The Kier molecular flexibility index (Phi) is 6.31. The van der Waals surface area contributed by atoms with Crippen LogP contribution in [0.4, 0.5) is 11.4 Å². The van der Waals surface area contributed by atoms with Gasteiger partial charge in [0.25, 0.3) is 5.91 Å². The molecule has 5 heteroatoms. The predicted molar refractivity (Wildman–Crippen MR) is 85.3 cm³/mol. The van der Waals surface area contributed by atoms with Gasteiger partial charge in [-0.1, -0.05) is 0 Å². The molecule has 0 saturated heterocycles. The van der Waals surface area contributed by atoms with Crippen molar-refractivity contribution in [3.63, 3.8) is 0 Å². The molecule has 1 rings (SSSR count). The van der Waals surface area contributed by atoms with Crippen molar-refractivity contribution in [1.29, 1.82) is 0 Å². The van der Waals surface area contributed by atoms with Crippen molar-refractivity contribution in [2.24, 2.45) is 0 Å². The minimum absolute atomic E-state index is 0.0824. The molecular formula is C15H26N4O. The van der Waals surface area contributed by atoms with E-state index in [9.17, 15) is 4.79 Å². The van der Waals surface area contributed by atoms with Gasteiger partial charge in [0.1, 0.15) is 0 Å². The molecule has 3 N–H and O–H groups in total. The number of hydrogen-bond donors (Lipinski definition) is 2. The second kappa shape index (κ2) is 7.75. The number of anilines is 2. The van der Waals surface area contributed by atoms with Crippen LogP contribution in [0.1, 0.15) is 23.7 Å². The first kappa shape index (κ1) is 16.3. The normalized spacial score (nSPS) is 10.7. The van der Waals surface area contributed by atoms with Crippen LogP contribution in [0.5, 0.6) is 0 Å². The summed E-state index contributed by atoms with van der Waals surface area (Å²) < 4.78 is 0. The van der Waals surface area contributed by atoms with Crippen LogP contribution in [0.2, 0.25) is 0 Å². The van der Waals surface area contributed by atoms with Crippen molar-refractivity contribution in [1.82, 2.24) is 10.2 Å². The summed E-state index contributed by atoms with van der Waals surface area (Å²) in [5, 5.41) is 2.77. The van der Waals surface area contributed by atoms with E-state index in [0.717, 1.165) is 25.2 Å². The van der Waals surface area contributed by atoms with Gasteiger partial charge in [-0.15, -0.1) is 0 Å². The molecule has 1 aromatic rings. The molecular weight excluding hydrogens is 252 g/mol. The number of nitrogen functional groups attached to an aromatic ring is 1. The first-order valence-electron chi connectivity index (χ1n) is 6.99. The van der Waals surface area contributed by atoms with E-state index in [1.165, 1.54) is 0 Å². The lowest BCUT2D eigenvalue weighted by molar-refractivity contribution is 0.0956. The fraction of sp³-hybridized carbons (Fsp3) is 0.533. The number of carbonyl (C=O) groups is 1. The van der Waals surface area contributed by atoms with Gasteiger partial charge in [-0.05, 0) is 52.2 Å². The molecule has 0 fully saturated rings. The Hall–Kier alpha value is -1.75. The number of amides is 1. The Morgan fingerprint density at radius 2 is 1.95 bits per heavy atom. The van der Waals surface area contributed by atoms with Gasteiger partial charge in [-0.3, -0.25) is 4.79 Å². The van der Waals surface area contributed by atoms with Gasteiger partial charge in [0.15, 0.2) is 0 Å². The van der Waals surface area contributed by atoms with Gasteiger partial charge >= 0.3 is 0 Å². The fourth-order valence-corrected chi connectivity index (χ4v) is 2.05. The smallest absolute Gasteiger partial charge is 0.251 e. The Morgan fingerprint density at radius 1 is 1.25 bits per heavy atom. The van der Waals surface area contributed by atoms with E-state index in [0.29, 0.717) is 17.8 Å². The van der Waals surface area contributed by atoms with E-state index in [2.05, 4.69) is 29.2 Å². The number of rotatable bonds is 7. The highest BCUT2D eigenvalue weighted by atomic mass is 16.1. The molecule has 0 bridgehead atoms. The third-order valence-electron chi connectivity index (χ3n) is 3.14. The maximum absolute atomic E-state index is 11.7. The number of carbonyl (C=O) groups excluding carboxylic acids is 1. The Labute approximate surface area is 121 Å². The largest absolute Gasteiger partial charge is 0.397 e. The van der Waals surface area contributed by atoms with Gasteiger partial charge < -0.3 is 20.9 Å². The molecule has 0 saturated carbocycles. The van der Waals surface area contributed by atoms with Crippen molar-refractivity contribution < 1.29 is 4.79 Å². The topological polar surface area (TPSA) is 61.6 Å². The van der Waals surface area contributed by atoms with Gasteiger partial charge in [-0.25, -0.2) is 0 Å². The molecule has 0 aliphatic heterocycles. The molecule has 112 valence electrons. The number of nitrogens with one attached hydrogen (secondary N) is 1. The summed E-state index contributed by atoms with van der Waals surface area (Å²) in [6, 6.07) is 5.47. The van der Waals surface area contributed by atoms with E-state index in [1.807, 2.05) is 26.1 Å². The summed E-state index contributed by atoms with van der Waals surface area (Å²) in [7, 11) is 6.15. The monoisotopic (exact) mass is 278 g/mol. The Balaban J connectivity index is 2.69. The highest BCUT2D eigenvalue weighted by molar-refractivity contribution is 5.96. The summed E-state index contributed by atoms with van der Waals surface area (Å²) in [5.74, 6) is -0.0824. The van der Waals surface area contributed by atoms with Gasteiger partial charge in [-0.2, -0.15) is 0 Å². The molecule has 5 nitrogen and oxygen atoms in total. The van der Waals surface area contributed by atoms with Crippen LogP contribution in [0.15, 0.2) is 18.2 Å². The van der Waals surface area contributed by atoms with E-state index in [1.54, 1.807) is 6.07 Å².